The molecule has 0 aliphatic carbocycles. The van der Waals surface area contributed by atoms with Crippen LogP contribution in [-0.4, -0.2) is 30.9 Å². The molecule has 0 aromatic heterocycles. The third-order valence-electron chi connectivity index (χ3n) is 4.93. The van der Waals surface area contributed by atoms with Crippen molar-refractivity contribution in [1.29, 1.82) is 0 Å². The Labute approximate surface area is 174 Å². The van der Waals surface area contributed by atoms with E-state index in [1.165, 1.54) is 5.56 Å². The van der Waals surface area contributed by atoms with Crippen LogP contribution in [0.25, 0.3) is 0 Å². The van der Waals surface area contributed by atoms with Crippen LogP contribution in [0.1, 0.15) is 24.5 Å². The van der Waals surface area contributed by atoms with E-state index in [0.29, 0.717) is 10.7 Å². The molecule has 0 unspecified atom stereocenters. The summed E-state index contributed by atoms with van der Waals surface area (Å²) < 4.78 is 5.14. The van der Waals surface area contributed by atoms with Gasteiger partial charge in [0.05, 0.1) is 5.92 Å². The normalized spacial score (nSPS) is 16.0. The minimum absolute atomic E-state index is 0.0728. The molecule has 0 radical (unpaired) electrons. The first-order chi connectivity index (χ1) is 13.9. The number of carbonyl (C=O) groups is 3. The fraction of sp³-hybridized carbons (Fsp3) is 0.318. The standard InChI is InChI=1S/C22H23ClN2O4/c1-3-15-5-8-18(9-6-15)25-12-16(10-21(25)27)22(28)29-13-20(26)24-19-11-17(23)7-4-14(19)2/h4-9,11,16H,3,10,12-13H2,1-2H3,(H,24,26)/t16-/m0/s1. The second kappa shape index (κ2) is 9.09. The largest absolute Gasteiger partial charge is 0.455 e. The molecular weight excluding hydrogens is 392 g/mol. The first kappa shape index (κ1) is 20.9. The van der Waals surface area contributed by atoms with Gasteiger partial charge in [-0.1, -0.05) is 36.7 Å². The lowest BCUT2D eigenvalue weighted by Crippen LogP contribution is -2.28. The monoisotopic (exact) mass is 414 g/mol. The Morgan fingerprint density at radius 3 is 2.62 bits per heavy atom. The van der Waals surface area contributed by atoms with Crippen molar-refractivity contribution in [3.63, 3.8) is 0 Å². The van der Waals surface area contributed by atoms with E-state index in [0.717, 1.165) is 17.7 Å². The van der Waals surface area contributed by atoms with Gasteiger partial charge in [0.1, 0.15) is 0 Å². The molecule has 1 N–H and O–H groups in total. The van der Waals surface area contributed by atoms with Crippen LogP contribution in [0.15, 0.2) is 42.5 Å². The van der Waals surface area contributed by atoms with Crippen LogP contribution in [0.3, 0.4) is 0 Å². The Morgan fingerprint density at radius 1 is 1.21 bits per heavy atom. The van der Waals surface area contributed by atoms with Crippen LogP contribution in [0.5, 0.6) is 0 Å². The molecule has 2 amide bonds. The Balaban J connectivity index is 1.53. The summed E-state index contributed by atoms with van der Waals surface area (Å²) in [5.74, 6) is -1.73. The fourth-order valence-corrected chi connectivity index (χ4v) is 3.37. The van der Waals surface area contributed by atoms with Crippen molar-refractivity contribution in [2.75, 3.05) is 23.4 Å². The summed E-state index contributed by atoms with van der Waals surface area (Å²) in [6.45, 7) is 3.73. The smallest absolute Gasteiger partial charge is 0.311 e. The van der Waals surface area contributed by atoms with Crippen LogP contribution in [-0.2, 0) is 25.5 Å². The predicted molar refractivity (Wildman–Crippen MR) is 112 cm³/mol. The van der Waals surface area contributed by atoms with E-state index in [2.05, 4.69) is 12.2 Å². The summed E-state index contributed by atoms with van der Waals surface area (Å²) in [6, 6.07) is 12.8. The third kappa shape index (κ3) is 5.15. The number of carbonyl (C=O) groups excluding carboxylic acids is 3. The third-order valence-corrected chi connectivity index (χ3v) is 5.17. The molecule has 1 saturated heterocycles. The molecule has 1 aliphatic rings. The molecule has 29 heavy (non-hydrogen) atoms. The summed E-state index contributed by atoms with van der Waals surface area (Å²) >= 11 is 5.94. The second-order valence-corrected chi connectivity index (χ2v) is 7.48. The van der Waals surface area contributed by atoms with Gasteiger partial charge in [0.25, 0.3) is 5.91 Å². The maximum atomic E-state index is 12.3. The summed E-state index contributed by atoms with van der Waals surface area (Å²) in [5, 5.41) is 3.17. The number of amides is 2. The number of hydrogen-bond acceptors (Lipinski definition) is 4. The summed E-state index contributed by atoms with van der Waals surface area (Å²) in [6.07, 6.45) is 0.989. The molecule has 1 atom stereocenters. The summed E-state index contributed by atoms with van der Waals surface area (Å²) in [7, 11) is 0. The lowest BCUT2D eigenvalue weighted by molar-refractivity contribution is -0.151. The van der Waals surface area contributed by atoms with Crippen LogP contribution in [0, 0.1) is 12.8 Å². The van der Waals surface area contributed by atoms with Crippen LogP contribution in [0.4, 0.5) is 11.4 Å². The molecule has 1 fully saturated rings. The highest BCUT2D eigenvalue weighted by molar-refractivity contribution is 6.31. The van der Waals surface area contributed by atoms with E-state index < -0.39 is 24.4 Å². The van der Waals surface area contributed by atoms with Gasteiger partial charge < -0.3 is 15.0 Å². The zero-order chi connectivity index (χ0) is 21.0. The van der Waals surface area contributed by atoms with Gasteiger partial charge in [0, 0.05) is 29.4 Å². The van der Waals surface area contributed by atoms with Gasteiger partial charge in [0.2, 0.25) is 5.91 Å². The number of benzene rings is 2. The van der Waals surface area contributed by atoms with Gasteiger partial charge in [-0.05, 0) is 48.7 Å². The van der Waals surface area contributed by atoms with Gasteiger partial charge in [-0.25, -0.2) is 0 Å². The Morgan fingerprint density at radius 2 is 1.93 bits per heavy atom. The van der Waals surface area contributed by atoms with Gasteiger partial charge in [-0.15, -0.1) is 0 Å². The number of nitrogens with zero attached hydrogens (tertiary/aromatic N) is 1. The Hall–Kier alpha value is -2.86. The minimum Gasteiger partial charge on any atom is -0.455 e. The topological polar surface area (TPSA) is 75.7 Å². The number of anilines is 2. The molecule has 6 nitrogen and oxygen atoms in total. The van der Waals surface area contributed by atoms with E-state index in [-0.39, 0.29) is 18.9 Å². The predicted octanol–water partition coefficient (Wildman–Crippen LogP) is 3.75. The van der Waals surface area contributed by atoms with Crippen molar-refractivity contribution < 1.29 is 19.1 Å². The number of nitrogens with one attached hydrogen (secondary N) is 1. The zero-order valence-electron chi connectivity index (χ0n) is 16.4. The molecule has 7 heteroatoms. The van der Waals surface area contributed by atoms with Crippen LogP contribution < -0.4 is 10.2 Å². The Bertz CT molecular complexity index is 927. The lowest BCUT2D eigenvalue weighted by atomic mass is 10.1. The molecule has 3 rings (SSSR count). The van der Waals surface area contributed by atoms with Crippen molar-refractivity contribution in [3.05, 3.63) is 58.6 Å². The molecule has 152 valence electrons. The minimum atomic E-state index is -0.589. The maximum absolute atomic E-state index is 12.3. The van der Waals surface area contributed by atoms with Gasteiger partial charge in [-0.2, -0.15) is 0 Å². The van der Waals surface area contributed by atoms with Crippen molar-refractivity contribution >= 4 is 40.8 Å². The van der Waals surface area contributed by atoms with E-state index >= 15 is 0 Å². The molecule has 0 spiro atoms. The number of halogens is 1. The first-order valence-corrected chi connectivity index (χ1v) is 9.87. The lowest BCUT2D eigenvalue weighted by Gasteiger charge is -2.17. The molecular formula is C22H23ClN2O4. The molecule has 2 aromatic rings. The highest BCUT2D eigenvalue weighted by Crippen LogP contribution is 2.26. The SMILES string of the molecule is CCc1ccc(N2C[C@@H](C(=O)OCC(=O)Nc3cc(Cl)ccc3C)CC2=O)cc1. The van der Waals surface area contributed by atoms with Crippen molar-refractivity contribution in [2.45, 2.75) is 26.7 Å². The second-order valence-electron chi connectivity index (χ2n) is 7.04. The van der Waals surface area contributed by atoms with E-state index in [1.807, 2.05) is 31.2 Å². The number of hydrogen-bond donors (Lipinski definition) is 1. The average Bonchev–Trinajstić information content (AvgIpc) is 3.10. The number of esters is 1. The van der Waals surface area contributed by atoms with Crippen LogP contribution in [0.2, 0.25) is 5.02 Å². The van der Waals surface area contributed by atoms with Crippen molar-refractivity contribution in [2.24, 2.45) is 5.92 Å². The molecule has 1 aliphatic heterocycles. The van der Waals surface area contributed by atoms with E-state index in [4.69, 9.17) is 16.3 Å². The highest BCUT2D eigenvalue weighted by atomic mass is 35.5. The molecule has 0 saturated carbocycles. The van der Waals surface area contributed by atoms with E-state index in [9.17, 15) is 14.4 Å². The maximum Gasteiger partial charge on any atom is 0.311 e. The molecule has 2 aromatic carbocycles. The molecule has 0 bridgehead atoms. The highest BCUT2D eigenvalue weighted by Gasteiger charge is 2.36. The average molecular weight is 415 g/mol. The van der Waals surface area contributed by atoms with Gasteiger partial charge in [-0.3, -0.25) is 14.4 Å². The number of rotatable bonds is 6. The van der Waals surface area contributed by atoms with E-state index in [1.54, 1.807) is 23.1 Å². The van der Waals surface area contributed by atoms with Gasteiger partial charge >= 0.3 is 5.97 Å². The van der Waals surface area contributed by atoms with Crippen molar-refractivity contribution in [3.8, 4) is 0 Å². The van der Waals surface area contributed by atoms with Crippen molar-refractivity contribution in [1.82, 2.24) is 0 Å². The fourth-order valence-electron chi connectivity index (χ4n) is 3.20. The quantitative estimate of drug-likeness (QED) is 0.730. The number of aryl methyl sites for hydroxylation is 2. The van der Waals surface area contributed by atoms with Gasteiger partial charge in [0.15, 0.2) is 6.61 Å². The Kier molecular flexibility index (Phi) is 6.54. The first-order valence-electron chi connectivity index (χ1n) is 9.49. The molecule has 1 heterocycles. The summed E-state index contributed by atoms with van der Waals surface area (Å²) in [4.78, 5) is 38.3. The van der Waals surface area contributed by atoms with Crippen LogP contribution >= 0.6 is 11.6 Å². The number of ether oxygens (including phenoxy) is 1. The zero-order valence-corrected chi connectivity index (χ0v) is 17.2. The summed E-state index contributed by atoms with van der Waals surface area (Å²) in [5.41, 5.74) is 3.35.